The average Bonchev–Trinajstić information content (AvgIpc) is 2.54. The van der Waals surface area contributed by atoms with E-state index in [-0.39, 0.29) is 18.5 Å². The van der Waals surface area contributed by atoms with Crippen molar-refractivity contribution in [2.75, 3.05) is 6.61 Å². The molecule has 0 saturated heterocycles. The zero-order valence-corrected chi connectivity index (χ0v) is 12.1. The number of aromatic nitrogens is 2. The van der Waals surface area contributed by atoms with Gasteiger partial charge >= 0.3 is 0 Å². The molecule has 2 atom stereocenters. The van der Waals surface area contributed by atoms with Crippen LogP contribution in [0.5, 0.6) is 0 Å². The van der Waals surface area contributed by atoms with Gasteiger partial charge in [0, 0.05) is 23.9 Å². The van der Waals surface area contributed by atoms with Crippen LogP contribution in [0, 0.1) is 11.3 Å². The van der Waals surface area contributed by atoms with Crippen LogP contribution in [0.2, 0.25) is 0 Å². The molecule has 0 radical (unpaired) electrons. The summed E-state index contributed by atoms with van der Waals surface area (Å²) in [6, 6.07) is 5.58. The van der Waals surface area contributed by atoms with Gasteiger partial charge < -0.3 is 15.6 Å². The molecule has 114 valence electrons. The van der Waals surface area contributed by atoms with Gasteiger partial charge in [0.1, 0.15) is 6.33 Å². The molecule has 0 saturated carbocycles. The molecule has 1 aliphatic carbocycles. The Kier molecular flexibility index (Phi) is 4.02. The summed E-state index contributed by atoms with van der Waals surface area (Å²) >= 11 is 0. The molecular weight excluding hydrogens is 280 g/mol. The van der Waals surface area contributed by atoms with Gasteiger partial charge in [-0.3, -0.25) is 5.41 Å². The minimum Gasteiger partial charge on any atom is -0.465 e. The molecule has 6 heteroatoms. The van der Waals surface area contributed by atoms with E-state index in [4.69, 9.17) is 15.9 Å². The van der Waals surface area contributed by atoms with Crippen molar-refractivity contribution in [1.29, 1.82) is 5.41 Å². The van der Waals surface area contributed by atoms with Crippen molar-refractivity contribution in [3.63, 3.8) is 0 Å². The lowest BCUT2D eigenvalue weighted by atomic mass is 9.79. The number of nitrogens with one attached hydrogen (secondary N) is 1. The van der Waals surface area contributed by atoms with Crippen LogP contribution in [0.1, 0.15) is 23.7 Å². The second-order valence-electron chi connectivity index (χ2n) is 5.42. The van der Waals surface area contributed by atoms with Crippen LogP contribution in [0.15, 0.2) is 36.9 Å². The maximum absolute atomic E-state index is 10.6. The van der Waals surface area contributed by atoms with Crippen LogP contribution < -0.4 is 5.73 Å². The van der Waals surface area contributed by atoms with Crippen molar-refractivity contribution >= 4 is 6.02 Å². The molecule has 0 aliphatic heterocycles. The molecule has 3 rings (SSSR count). The number of nitrogens with two attached hydrogens (primary N) is 1. The maximum atomic E-state index is 10.6. The number of nitrogens with zero attached hydrogens (tertiary/aromatic N) is 2. The van der Waals surface area contributed by atoms with E-state index in [1.165, 1.54) is 6.33 Å². The predicted octanol–water partition coefficient (Wildman–Crippen LogP) is 1.65. The largest absolute Gasteiger partial charge is 0.465 e. The normalized spacial score (nSPS) is 20.2. The standard InChI is InChI=1S/C16H18N4O2/c17-16(18)22-8-10-4-5-13-12(11-6-19-9-20-7-11)2-1-3-14(13)15(10)21/h1-3,6-7,9-10,15,21H,4-5,8H2,(H3,17,18). The smallest absolute Gasteiger partial charge is 0.279 e. The molecule has 2 unspecified atom stereocenters. The highest BCUT2D eigenvalue weighted by atomic mass is 16.5. The second-order valence-corrected chi connectivity index (χ2v) is 5.42. The number of hydrogen-bond donors (Lipinski definition) is 3. The molecule has 1 heterocycles. The first kappa shape index (κ1) is 14.5. The SMILES string of the molecule is N=C(N)OCC1CCc2c(-c3cncnc3)cccc2C1O. The van der Waals surface area contributed by atoms with Gasteiger partial charge in [-0.05, 0) is 29.5 Å². The van der Waals surface area contributed by atoms with Gasteiger partial charge in [-0.15, -0.1) is 0 Å². The van der Waals surface area contributed by atoms with E-state index in [0.29, 0.717) is 0 Å². The zero-order chi connectivity index (χ0) is 15.5. The Hall–Kier alpha value is -2.47. The van der Waals surface area contributed by atoms with Crippen LogP contribution in [-0.4, -0.2) is 27.7 Å². The van der Waals surface area contributed by atoms with Gasteiger partial charge in [-0.1, -0.05) is 18.2 Å². The molecule has 1 aromatic heterocycles. The van der Waals surface area contributed by atoms with Gasteiger partial charge in [0.2, 0.25) is 0 Å². The summed E-state index contributed by atoms with van der Waals surface area (Å²) in [5.41, 5.74) is 9.26. The van der Waals surface area contributed by atoms with E-state index in [1.807, 2.05) is 18.2 Å². The molecule has 0 bridgehead atoms. The Morgan fingerprint density at radius 2 is 2.14 bits per heavy atom. The summed E-state index contributed by atoms with van der Waals surface area (Å²) < 4.78 is 5.06. The number of benzene rings is 1. The lowest BCUT2D eigenvalue weighted by molar-refractivity contribution is 0.0574. The quantitative estimate of drug-likeness (QED) is 0.590. The van der Waals surface area contributed by atoms with Crippen LogP contribution in [0.4, 0.5) is 0 Å². The average molecular weight is 298 g/mol. The molecule has 22 heavy (non-hydrogen) atoms. The van der Waals surface area contributed by atoms with E-state index in [9.17, 15) is 5.11 Å². The Balaban J connectivity index is 1.91. The molecule has 6 nitrogen and oxygen atoms in total. The lowest BCUT2D eigenvalue weighted by Gasteiger charge is -2.31. The van der Waals surface area contributed by atoms with E-state index in [1.54, 1.807) is 12.4 Å². The van der Waals surface area contributed by atoms with E-state index >= 15 is 0 Å². The molecule has 0 fully saturated rings. The van der Waals surface area contributed by atoms with Crippen molar-refractivity contribution < 1.29 is 9.84 Å². The number of aliphatic hydroxyl groups excluding tert-OH is 1. The van der Waals surface area contributed by atoms with E-state index < -0.39 is 6.10 Å². The summed E-state index contributed by atoms with van der Waals surface area (Å²) in [5, 5.41) is 17.7. The first-order chi connectivity index (χ1) is 10.7. The predicted molar refractivity (Wildman–Crippen MR) is 82.1 cm³/mol. The van der Waals surface area contributed by atoms with Crippen molar-refractivity contribution in [3.8, 4) is 11.1 Å². The fourth-order valence-corrected chi connectivity index (χ4v) is 2.98. The first-order valence-electron chi connectivity index (χ1n) is 7.19. The van der Waals surface area contributed by atoms with Gasteiger partial charge in [-0.25, -0.2) is 9.97 Å². The summed E-state index contributed by atoms with van der Waals surface area (Å²) in [5.74, 6) is -0.0568. The molecule has 2 aromatic rings. The van der Waals surface area contributed by atoms with Crippen molar-refractivity contribution in [1.82, 2.24) is 9.97 Å². The van der Waals surface area contributed by atoms with Crippen LogP contribution in [0.3, 0.4) is 0 Å². The highest BCUT2D eigenvalue weighted by Gasteiger charge is 2.30. The summed E-state index contributed by atoms with van der Waals surface area (Å²) in [6.45, 7) is 0.259. The number of ether oxygens (including phenoxy) is 1. The van der Waals surface area contributed by atoms with Crippen molar-refractivity contribution in [3.05, 3.63) is 48.0 Å². The van der Waals surface area contributed by atoms with Gasteiger partial charge in [-0.2, -0.15) is 0 Å². The zero-order valence-electron chi connectivity index (χ0n) is 12.1. The third-order valence-electron chi connectivity index (χ3n) is 4.07. The second kappa shape index (κ2) is 6.11. The van der Waals surface area contributed by atoms with Crippen LogP contribution in [-0.2, 0) is 11.2 Å². The minimum atomic E-state index is -0.618. The summed E-state index contributed by atoms with van der Waals surface area (Å²) in [6.07, 6.45) is 6.06. The van der Waals surface area contributed by atoms with Crippen LogP contribution in [0.25, 0.3) is 11.1 Å². The van der Waals surface area contributed by atoms with Crippen LogP contribution >= 0.6 is 0 Å². The molecular formula is C16H18N4O2. The highest BCUT2D eigenvalue weighted by molar-refractivity contribution is 5.68. The minimum absolute atomic E-state index is 0.0568. The third kappa shape index (κ3) is 2.78. The van der Waals surface area contributed by atoms with E-state index in [2.05, 4.69) is 9.97 Å². The highest BCUT2D eigenvalue weighted by Crippen LogP contribution is 2.39. The molecule has 4 N–H and O–H groups in total. The fourth-order valence-electron chi connectivity index (χ4n) is 2.98. The van der Waals surface area contributed by atoms with E-state index in [0.717, 1.165) is 35.1 Å². The number of amidine groups is 1. The first-order valence-corrected chi connectivity index (χ1v) is 7.19. The van der Waals surface area contributed by atoms with Gasteiger partial charge in [0.05, 0.1) is 12.7 Å². The Bertz CT molecular complexity index is 675. The monoisotopic (exact) mass is 298 g/mol. The lowest BCUT2D eigenvalue weighted by Crippen LogP contribution is -2.27. The Morgan fingerprint density at radius 3 is 2.86 bits per heavy atom. The maximum Gasteiger partial charge on any atom is 0.279 e. The summed E-state index contributed by atoms with van der Waals surface area (Å²) in [4.78, 5) is 8.12. The number of fused-ring (bicyclic) bond motifs is 1. The molecule has 1 aliphatic rings. The molecule has 1 aromatic carbocycles. The number of rotatable bonds is 3. The van der Waals surface area contributed by atoms with Gasteiger partial charge in [0.25, 0.3) is 6.02 Å². The summed E-state index contributed by atoms with van der Waals surface area (Å²) in [7, 11) is 0. The molecule has 0 spiro atoms. The topological polar surface area (TPSA) is 105 Å². The molecule has 0 amide bonds. The number of hydrogen-bond acceptors (Lipinski definition) is 5. The van der Waals surface area contributed by atoms with Crippen molar-refractivity contribution in [2.45, 2.75) is 18.9 Å². The third-order valence-corrected chi connectivity index (χ3v) is 4.07. The Morgan fingerprint density at radius 1 is 1.36 bits per heavy atom. The number of aliphatic hydroxyl groups is 1. The fraction of sp³-hybridized carbons (Fsp3) is 0.312. The van der Waals surface area contributed by atoms with Crippen molar-refractivity contribution in [2.24, 2.45) is 11.7 Å². The van der Waals surface area contributed by atoms with Gasteiger partial charge in [0.15, 0.2) is 0 Å². The Labute approximate surface area is 128 Å².